The molecule has 5 rings (SSSR count). The van der Waals surface area contributed by atoms with Gasteiger partial charge in [-0.2, -0.15) is 0 Å². The van der Waals surface area contributed by atoms with Crippen molar-refractivity contribution in [2.24, 2.45) is 5.92 Å². The average molecular weight is 503 g/mol. The molecule has 3 amide bonds. The zero-order valence-electron chi connectivity index (χ0n) is 21.8. The molecule has 3 aliphatic rings. The Bertz CT molecular complexity index is 1090. The maximum Gasteiger partial charge on any atom is 0.250 e. The fourth-order valence-electron chi connectivity index (χ4n) is 6.26. The molecule has 2 aliphatic heterocycles. The van der Waals surface area contributed by atoms with E-state index in [0.717, 1.165) is 36.9 Å². The highest BCUT2D eigenvalue weighted by molar-refractivity contribution is 5.96. The SMILES string of the molecule is CN(Cc1ccccc1)C(=O)CN1CN(c2ccccc2)C2(CCN(C(=O)C3CCCCC3)CC2)C1=O. The second-order valence-corrected chi connectivity index (χ2v) is 10.8. The number of hydrogen-bond acceptors (Lipinski definition) is 4. The van der Waals surface area contributed by atoms with Crippen LogP contribution in [-0.4, -0.2) is 71.3 Å². The maximum atomic E-state index is 14.0. The van der Waals surface area contributed by atoms with Gasteiger partial charge >= 0.3 is 0 Å². The van der Waals surface area contributed by atoms with E-state index < -0.39 is 5.54 Å². The lowest BCUT2D eigenvalue weighted by Crippen LogP contribution is -2.58. The minimum Gasteiger partial charge on any atom is -0.342 e. The quantitative estimate of drug-likeness (QED) is 0.601. The lowest BCUT2D eigenvalue weighted by atomic mass is 9.83. The Kier molecular flexibility index (Phi) is 7.49. The molecule has 7 nitrogen and oxygen atoms in total. The Labute approximate surface area is 220 Å². The summed E-state index contributed by atoms with van der Waals surface area (Å²) in [5.74, 6) is 0.331. The van der Waals surface area contributed by atoms with E-state index in [1.54, 1.807) is 16.8 Å². The monoisotopic (exact) mass is 502 g/mol. The van der Waals surface area contributed by atoms with Gasteiger partial charge in [-0.25, -0.2) is 0 Å². The van der Waals surface area contributed by atoms with Crippen LogP contribution in [0.1, 0.15) is 50.5 Å². The highest BCUT2D eigenvalue weighted by atomic mass is 16.2. The van der Waals surface area contributed by atoms with Crippen molar-refractivity contribution in [1.82, 2.24) is 14.7 Å². The largest absolute Gasteiger partial charge is 0.342 e. The molecule has 1 saturated carbocycles. The molecule has 1 aliphatic carbocycles. The van der Waals surface area contributed by atoms with Crippen molar-refractivity contribution in [3.8, 4) is 0 Å². The molecule has 0 unspecified atom stereocenters. The lowest BCUT2D eigenvalue weighted by Gasteiger charge is -2.44. The Balaban J connectivity index is 1.30. The van der Waals surface area contributed by atoms with Crippen LogP contribution in [0.25, 0.3) is 0 Å². The van der Waals surface area contributed by atoms with Crippen LogP contribution in [0.5, 0.6) is 0 Å². The first-order chi connectivity index (χ1) is 18.0. The normalized spacial score (nSPS) is 19.9. The first-order valence-corrected chi connectivity index (χ1v) is 13.7. The number of piperidine rings is 1. The average Bonchev–Trinajstić information content (AvgIpc) is 3.20. The van der Waals surface area contributed by atoms with E-state index in [0.29, 0.717) is 39.1 Å². The van der Waals surface area contributed by atoms with E-state index in [2.05, 4.69) is 4.90 Å². The van der Waals surface area contributed by atoms with Crippen LogP contribution in [0.15, 0.2) is 60.7 Å². The van der Waals surface area contributed by atoms with E-state index in [1.165, 1.54) is 6.42 Å². The molecule has 2 aromatic carbocycles. The first kappa shape index (κ1) is 25.3. The van der Waals surface area contributed by atoms with Gasteiger partial charge in [-0.05, 0) is 43.4 Å². The second kappa shape index (κ2) is 11.0. The van der Waals surface area contributed by atoms with Gasteiger partial charge in [0.25, 0.3) is 5.91 Å². The van der Waals surface area contributed by atoms with Gasteiger partial charge in [0.1, 0.15) is 12.1 Å². The van der Waals surface area contributed by atoms with Crippen molar-refractivity contribution in [3.05, 3.63) is 66.2 Å². The third-order valence-corrected chi connectivity index (χ3v) is 8.45. The number of amides is 3. The molecule has 0 atom stereocenters. The van der Waals surface area contributed by atoms with Crippen molar-refractivity contribution >= 4 is 23.4 Å². The number of anilines is 1. The van der Waals surface area contributed by atoms with Crippen LogP contribution >= 0.6 is 0 Å². The van der Waals surface area contributed by atoms with E-state index in [9.17, 15) is 14.4 Å². The minimum absolute atomic E-state index is 0.00239. The molecule has 0 aromatic heterocycles. The summed E-state index contributed by atoms with van der Waals surface area (Å²) in [6, 6.07) is 19.9. The Morgan fingerprint density at radius 3 is 2.19 bits per heavy atom. The molecule has 0 bridgehead atoms. The number of likely N-dealkylation sites (tertiary alicyclic amines) is 1. The van der Waals surface area contributed by atoms with Gasteiger partial charge in [0.2, 0.25) is 11.8 Å². The molecule has 196 valence electrons. The van der Waals surface area contributed by atoms with E-state index in [-0.39, 0.29) is 30.2 Å². The van der Waals surface area contributed by atoms with Gasteiger partial charge in [0, 0.05) is 38.3 Å². The van der Waals surface area contributed by atoms with Crippen LogP contribution < -0.4 is 4.90 Å². The van der Waals surface area contributed by atoms with Gasteiger partial charge < -0.3 is 19.6 Å². The van der Waals surface area contributed by atoms with Crippen LogP contribution in [0.3, 0.4) is 0 Å². The highest BCUT2D eigenvalue weighted by Crippen LogP contribution is 2.40. The summed E-state index contributed by atoms with van der Waals surface area (Å²) in [5.41, 5.74) is 1.32. The van der Waals surface area contributed by atoms with Crippen LogP contribution in [-0.2, 0) is 20.9 Å². The third kappa shape index (κ3) is 5.22. The summed E-state index contributed by atoms with van der Waals surface area (Å²) >= 11 is 0. The fraction of sp³-hybridized carbons (Fsp3) is 0.500. The van der Waals surface area contributed by atoms with Crippen LogP contribution in [0.2, 0.25) is 0 Å². The maximum absolute atomic E-state index is 14.0. The number of carbonyl (C=O) groups is 3. The predicted octanol–water partition coefficient (Wildman–Crippen LogP) is 3.89. The Hall–Kier alpha value is -3.35. The Morgan fingerprint density at radius 1 is 0.919 bits per heavy atom. The molecule has 7 heteroatoms. The zero-order chi connectivity index (χ0) is 25.8. The number of carbonyl (C=O) groups excluding carboxylic acids is 3. The molecule has 2 aromatic rings. The zero-order valence-corrected chi connectivity index (χ0v) is 21.8. The summed E-state index contributed by atoms with van der Waals surface area (Å²) in [5, 5.41) is 0. The first-order valence-electron chi connectivity index (χ1n) is 13.7. The predicted molar refractivity (Wildman–Crippen MR) is 144 cm³/mol. The number of para-hydroxylation sites is 1. The standard InChI is InChI=1S/C30H38N4O3/c1-31(21-24-11-5-2-6-12-24)27(35)22-33-23-34(26-15-9-4-10-16-26)30(29(33)37)17-19-32(20-18-30)28(36)25-13-7-3-8-14-25/h2,4-6,9-12,15-16,25H,3,7-8,13-14,17-23H2,1H3. The molecular weight excluding hydrogens is 464 g/mol. The van der Waals surface area contributed by atoms with Crippen molar-refractivity contribution in [2.45, 2.75) is 57.0 Å². The van der Waals surface area contributed by atoms with Crippen molar-refractivity contribution in [2.75, 3.05) is 38.3 Å². The van der Waals surface area contributed by atoms with Gasteiger partial charge in [-0.3, -0.25) is 14.4 Å². The van der Waals surface area contributed by atoms with Crippen molar-refractivity contribution in [3.63, 3.8) is 0 Å². The number of nitrogens with zero attached hydrogens (tertiary/aromatic N) is 4. The van der Waals surface area contributed by atoms with Gasteiger partial charge in [0.05, 0.1) is 6.67 Å². The second-order valence-electron chi connectivity index (χ2n) is 10.8. The van der Waals surface area contributed by atoms with Crippen molar-refractivity contribution < 1.29 is 14.4 Å². The summed E-state index contributed by atoms with van der Waals surface area (Å²) < 4.78 is 0. The molecule has 2 heterocycles. The number of benzene rings is 2. The molecule has 37 heavy (non-hydrogen) atoms. The van der Waals surface area contributed by atoms with E-state index in [1.807, 2.05) is 65.6 Å². The Morgan fingerprint density at radius 2 is 1.54 bits per heavy atom. The van der Waals surface area contributed by atoms with Gasteiger partial charge in [-0.1, -0.05) is 67.8 Å². The summed E-state index contributed by atoms with van der Waals surface area (Å²) in [4.78, 5) is 47.8. The smallest absolute Gasteiger partial charge is 0.250 e. The number of rotatable bonds is 6. The van der Waals surface area contributed by atoms with Gasteiger partial charge in [-0.15, -0.1) is 0 Å². The summed E-state index contributed by atoms with van der Waals surface area (Å²) in [6.45, 7) is 2.11. The molecule has 3 fully saturated rings. The van der Waals surface area contributed by atoms with E-state index in [4.69, 9.17) is 0 Å². The van der Waals surface area contributed by atoms with Gasteiger partial charge in [0.15, 0.2) is 0 Å². The van der Waals surface area contributed by atoms with Crippen LogP contribution in [0, 0.1) is 5.92 Å². The molecule has 2 saturated heterocycles. The fourth-order valence-corrected chi connectivity index (χ4v) is 6.26. The van der Waals surface area contributed by atoms with Crippen molar-refractivity contribution in [1.29, 1.82) is 0 Å². The highest BCUT2D eigenvalue weighted by Gasteiger charge is 2.54. The lowest BCUT2D eigenvalue weighted by molar-refractivity contribution is -0.143. The number of likely N-dealkylation sites (N-methyl/N-ethyl adjacent to an activating group) is 1. The molecule has 1 spiro atoms. The third-order valence-electron chi connectivity index (χ3n) is 8.45. The summed E-state index contributed by atoms with van der Waals surface area (Å²) in [6.07, 6.45) is 6.65. The molecule has 0 radical (unpaired) electrons. The minimum atomic E-state index is -0.719. The number of hydrogen-bond donors (Lipinski definition) is 0. The molecular formula is C30H38N4O3. The summed E-state index contributed by atoms with van der Waals surface area (Å²) in [7, 11) is 1.79. The van der Waals surface area contributed by atoms with Crippen LogP contribution in [0.4, 0.5) is 5.69 Å². The van der Waals surface area contributed by atoms with E-state index >= 15 is 0 Å². The topological polar surface area (TPSA) is 64.2 Å². The molecule has 0 N–H and O–H groups in total.